The van der Waals surface area contributed by atoms with Gasteiger partial charge < -0.3 is 0 Å². The average Bonchev–Trinajstić information content (AvgIpc) is 2.60. The van der Waals surface area contributed by atoms with E-state index in [0.29, 0.717) is 16.7 Å². The lowest BCUT2D eigenvalue weighted by atomic mass is 10.1. The van der Waals surface area contributed by atoms with Gasteiger partial charge in [-0.05, 0) is 33.6 Å². The van der Waals surface area contributed by atoms with E-state index in [1.165, 1.54) is 4.68 Å². The molecule has 0 atom stereocenters. The zero-order valence-electron chi connectivity index (χ0n) is 8.59. The lowest BCUT2D eigenvalue weighted by Gasteiger charge is -2.01. The number of Topliss-reactive ketones (excluding diaryl/α,β-unsaturated/α-hetero) is 1. The van der Waals surface area contributed by atoms with Gasteiger partial charge in [-0.3, -0.25) is 9.78 Å². The molecule has 2 heterocycles. The fraction of sp³-hybridized carbons (Fsp3) is 0.200. The molecule has 0 saturated heterocycles. The second-order valence-electron chi connectivity index (χ2n) is 3.31. The Morgan fingerprint density at radius 2 is 2.12 bits per heavy atom. The predicted molar refractivity (Wildman–Crippen MR) is 61.0 cm³/mol. The molecular weight excluding hydrogens is 272 g/mol. The maximum absolute atomic E-state index is 12.0. The van der Waals surface area contributed by atoms with Gasteiger partial charge in [0.2, 0.25) is 0 Å². The minimum atomic E-state index is -0.0226. The summed E-state index contributed by atoms with van der Waals surface area (Å²) in [4.78, 5) is 15.9. The molecule has 0 amide bonds. The monoisotopic (exact) mass is 280 g/mol. The first-order chi connectivity index (χ1) is 7.68. The van der Waals surface area contributed by atoms with E-state index in [4.69, 9.17) is 0 Å². The topological polar surface area (TPSA) is 60.7 Å². The summed E-state index contributed by atoms with van der Waals surface area (Å²) in [5, 5.41) is 7.54. The highest BCUT2D eigenvalue weighted by Crippen LogP contribution is 2.14. The number of nitrogens with zero attached hydrogens (tertiary/aromatic N) is 4. The van der Waals surface area contributed by atoms with Gasteiger partial charge in [0.25, 0.3) is 0 Å². The molecule has 0 aliphatic carbocycles. The average molecular weight is 281 g/mol. The lowest BCUT2D eigenvalue weighted by molar-refractivity contribution is 0.0983. The summed E-state index contributed by atoms with van der Waals surface area (Å²) in [6, 6.07) is 3.63. The van der Waals surface area contributed by atoms with Crippen molar-refractivity contribution in [2.75, 3.05) is 0 Å². The van der Waals surface area contributed by atoms with Crippen molar-refractivity contribution >= 4 is 21.7 Å². The number of rotatable bonds is 3. The highest BCUT2D eigenvalue weighted by molar-refractivity contribution is 9.10. The van der Waals surface area contributed by atoms with Crippen LogP contribution in [0.5, 0.6) is 0 Å². The molecule has 0 saturated carbocycles. The third kappa shape index (κ3) is 2.16. The Morgan fingerprint density at radius 1 is 1.44 bits per heavy atom. The number of aromatic nitrogens is 4. The van der Waals surface area contributed by atoms with Crippen LogP contribution in [0.15, 0.2) is 29.1 Å². The first-order valence-electron chi connectivity index (χ1n) is 4.66. The van der Waals surface area contributed by atoms with Gasteiger partial charge in [-0.15, -0.1) is 5.10 Å². The molecule has 0 aliphatic heterocycles. The van der Waals surface area contributed by atoms with Crippen molar-refractivity contribution in [1.29, 1.82) is 0 Å². The molecule has 16 heavy (non-hydrogen) atoms. The van der Waals surface area contributed by atoms with Gasteiger partial charge >= 0.3 is 0 Å². The standard InChI is InChI=1S/C10H9BrN4O/c1-15-9(10(11)13-14-15)8(16)6-7-2-4-12-5-3-7/h2-5H,6H2,1H3. The number of carbonyl (C=O) groups is 1. The molecule has 82 valence electrons. The van der Waals surface area contributed by atoms with Crippen molar-refractivity contribution in [3.63, 3.8) is 0 Å². The Labute approximate surface area is 101 Å². The van der Waals surface area contributed by atoms with Crippen molar-refractivity contribution in [3.8, 4) is 0 Å². The van der Waals surface area contributed by atoms with Crippen LogP contribution in [-0.4, -0.2) is 25.8 Å². The van der Waals surface area contributed by atoms with E-state index in [-0.39, 0.29) is 5.78 Å². The molecule has 0 N–H and O–H groups in total. The van der Waals surface area contributed by atoms with E-state index in [2.05, 4.69) is 31.2 Å². The van der Waals surface area contributed by atoms with Gasteiger partial charge in [0.05, 0.1) is 0 Å². The molecule has 0 radical (unpaired) electrons. The Bertz CT molecular complexity index is 489. The van der Waals surface area contributed by atoms with Crippen LogP contribution >= 0.6 is 15.9 Å². The molecule has 6 heteroatoms. The minimum Gasteiger partial charge on any atom is -0.292 e. The van der Waals surface area contributed by atoms with E-state index in [0.717, 1.165) is 5.56 Å². The van der Waals surface area contributed by atoms with Crippen molar-refractivity contribution in [2.24, 2.45) is 7.05 Å². The van der Waals surface area contributed by atoms with Crippen LogP contribution in [0.2, 0.25) is 0 Å². The predicted octanol–water partition coefficient (Wildman–Crippen LogP) is 1.40. The molecule has 0 spiro atoms. The Balaban J connectivity index is 2.22. The third-order valence-electron chi connectivity index (χ3n) is 2.16. The maximum Gasteiger partial charge on any atom is 0.188 e. The second-order valence-corrected chi connectivity index (χ2v) is 4.06. The van der Waals surface area contributed by atoms with Gasteiger partial charge in [-0.2, -0.15) is 0 Å². The van der Waals surface area contributed by atoms with E-state index < -0.39 is 0 Å². The van der Waals surface area contributed by atoms with Gasteiger partial charge in [0.15, 0.2) is 10.4 Å². The SMILES string of the molecule is Cn1nnc(Br)c1C(=O)Cc1ccncc1. The maximum atomic E-state index is 12.0. The molecular formula is C10H9BrN4O. The zero-order valence-corrected chi connectivity index (χ0v) is 10.2. The summed E-state index contributed by atoms with van der Waals surface area (Å²) in [6.45, 7) is 0. The Morgan fingerprint density at radius 3 is 2.69 bits per heavy atom. The number of hydrogen-bond acceptors (Lipinski definition) is 4. The van der Waals surface area contributed by atoms with Crippen LogP contribution in [-0.2, 0) is 13.5 Å². The van der Waals surface area contributed by atoms with Gasteiger partial charge in [0, 0.05) is 25.9 Å². The molecule has 2 rings (SSSR count). The largest absolute Gasteiger partial charge is 0.292 e. The van der Waals surface area contributed by atoms with Crippen molar-refractivity contribution in [1.82, 2.24) is 20.0 Å². The summed E-state index contributed by atoms with van der Waals surface area (Å²) in [5.74, 6) is -0.0226. The first kappa shape index (κ1) is 10.9. The molecule has 2 aromatic heterocycles. The van der Waals surface area contributed by atoms with Crippen molar-refractivity contribution in [2.45, 2.75) is 6.42 Å². The number of aryl methyl sites for hydroxylation is 1. The van der Waals surface area contributed by atoms with E-state index in [9.17, 15) is 4.79 Å². The molecule has 0 fully saturated rings. The highest BCUT2D eigenvalue weighted by atomic mass is 79.9. The normalized spacial score (nSPS) is 10.4. The Hall–Kier alpha value is -1.56. The van der Waals surface area contributed by atoms with E-state index in [1.807, 2.05) is 12.1 Å². The Kier molecular flexibility index (Phi) is 3.09. The molecule has 0 aromatic carbocycles. The summed E-state index contributed by atoms with van der Waals surface area (Å²) in [6.07, 6.45) is 3.65. The number of hydrogen-bond donors (Lipinski definition) is 0. The van der Waals surface area contributed by atoms with Gasteiger partial charge in [-0.25, -0.2) is 4.68 Å². The number of halogens is 1. The van der Waals surface area contributed by atoms with Crippen LogP contribution in [0.25, 0.3) is 0 Å². The molecule has 2 aromatic rings. The number of pyridine rings is 1. The fourth-order valence-electron chi connectivity index (χ4n) is 1.40. The van der Waals surface area contributed by atoms with Crippen LogP contribution in [0.3, 0.4) is 0 Å². The van der Waals surface area contributed by atoms with Crippen molar-refractivity contribution < 1.29 is 4.79 Å². The summed E-state index contributed by atoms with van der Waals surface area (Å²) >= 11 is 3.20. The number of carbonyl (C=O) groups excluding carboxylic acids is 1. The van der Waals surface area contributed by atoms with Crippen LogP contribution in [0.1, 0.15) is 16.1 Å². The lowest BCUT2D eigenvalue weighted by Crippen LogP contribution is -2.10. The van der Waals surface area contributed by atoms with Crippen LogP contribution in [0, 0.1) is 0 Å². The van der Waals surface area contributed by atoms with Crippen LogP contribution in [0.4, 0.5) is 0 Å². The first-order valence-corrected chi connectivity index (χ1v) is 5.45. The molecule has 0 unspecified atom stereocenters. The minimum absolute atomic E-state index is 0.0226. The molecule has 0 bridgehead atoms. The summed E-state index contributed by atoms with van der Waals surface area (Å²) in [7, 11) is 1.69. The summed E-state index contributed by atoms with van der Waals surface area (Å²) < 4.78 is 1.95. The quantitative estimate of drug-likeness (QED) is 0.798. The van der Waals surface area contributed by atoms with Gasteiger partial charge in [-0.1, -0.05) is 5.21 Å². The van der Waals surface area contributed by atoms with E-state index >= 15 is 0 Å². The third-order valence-corrected chi connectivity index (χ3v) is 2.70. The van der Waals surface area contributed by atoms with Crippen molar-refractivity contribution in [3.05, 3.63) is 40.4 Å². The highest BCUT2D eigenvalue weighted by Gasteiger charge is 2.16. The van der Waals surface area contributed by atoms with Gasteiger partial charge in [0.1, 0.15) is 5.69 Å². The smallest absolute Gasteiger partial charge is 0.188 e. The molecule has 0 aliphatic rings. The fourth-order valence-corrected chi connectivity index (χ4v) is 1.95. The number of ketones is 1. The summed E-state index contributed by atoms with van der Waals surface area (Å²) in [5.41, 5.74) is 1.41. The zero-order chi connectivity index (χ0) is 11.5. The van der Waals surface area contributed by atoms with E-state index in [1.54, 1.807) is 19.4 Å². The van der Waals surface area contributed by atoms with Crippen LogP contribution < -0.4 is 0 Å². The second kappa shape index (κ2) is 4.52. The molecule has 5 nitrogen and oxygen atoms in total.